The minimum atomic E-state index is -3.29. The fourth-order valence-corrected chi connectivity index (χ4v) is 1.27. The zero-order chi connectivity index (χ0) is 14.9. The van der Waals surface area contributed by atoms with Crippen molar-refractivity contribution in [3.8, 4) is 0 Å². The van der Waals surface area contributed by atoms with E-state index in [0.29, 0.717) is 19.8 Å². The number of ether oxygens (including phenoxy) is 2. The van der Waals surface area contributed by atoms with Crippen LogP contribution in [0.15, 0.2) is 0 Å². The molecule has 116 valence electrons. The van der Waals surface area contributed by atoms with Gasteiger partial charge in [-0.1, -0.05) is 13.3 Å². The minimum Gasteiger partial charge on any atom is -0.391 e. The molecule has 7 heteroatoms. The lowest BCUT2D eigenvalue weighted by Gasteiger charge is -2.18. The van der Waals surface area contributed by atoms with E-state index < -0.39 is 31.3 Å². The highest BCUT2D eigenvalue weighted by atomic mass is 19.3. The smallest absolute Gasteiger partial charge is 0.355 e. The SMILES string of the molecule is CCC(O)COC(F)(F)CCCCCOC(C)(F)F. The van der Waals surface area contributed by atoms with Gasteiger partial charge in [0.2, 0.25) is 0 Å². The van der Waals surface area contributed by atoms with E-state index in [9.17, 15) is 17.6 Å². The van der Waals surface area contributed by atoms with Gasteiger partial charge in [-0.15, -0.1) is 0 Å². The van der Waals surface area contributed by atoms with Crippen molar-refractivity contribution < 1.29 is 32.1 Å². The standard InChI is InChI=1S/C12H22F4O3/c1-3-10(17)9-19-12(15,16)7-5-4-6-8-18-11(2,13)14/h10,17H,3-9H2,1-2H3. The lowest BCUT2D eigenvalue weighted by molar-refractivity contribution is -0.252. The number of alkyl halides is 4. The summed E-state index contributed by atoms with van der Waals surface area (Å²) in [5.41, 5.74) is 0. The van der Waals surface area contributed by atoms with Gasteiger partial charge in [0.15, 0.2) is 0 Å². The average Bonchev–Trinajstić information content (AvgIpc) is 2.29. The molecule has 0 rings (SSSR count). The van der Waals surface area contributed by atoms with Crippen LogP contribution in [0.5, 0.6) is 0 Å². The van der Waals surface area contributed by atoms with Gasteiger partial charge in [0.05, 0.1) is 19.3 Å². The van der Waals surface area contributed by atoms with Crippen LogP contribution in [0.25, 0.3) is 0 Å². The van der Waals surface area contributed by atoms with Gasteiger partial charge in [0, 0.05) is 13.3 Å². The van der Waals surface area contributed by atoms with Gasteiger partial charge >= 0.3 is 12.2 Å². The summed E-state index contributed by atoms with van der Waals surface area (Å²) in [4.78, 5) is 0. The van der Waals surface area contributed by atoms with Crippen LogP contribution in [0, 0.1) is 0 Å². The average molecular weight is 290 g/mol. The lowest BCUT2D eigenvalue weighted by atomic mass is 10.2. The highest BCUT2D eigenvalue weighted by Crippen LogP contribution is 2.24. The third kappa shape index (κ3) is 12.4. The van der Waals surface area contributed by atoms with Gasteiger partial charge in [0.25, 0.3) is 0 Å². The Bertz CT molecular complexity index is 232. The molecule has 0 saturated carbocycles. The number of hydrogen-bond acceptors (Lipinski definition) is 3. The summed E-state index contributed by atoms with van der Waals surface area (Å²) < 4.78 is 59.2. The van der Waals surface area contributed by atoms with Gasteiger partial charge < -0.3 is 14.6 Å². The molecule has 0 radical (unpaired) electrons. The first-order chi connectivity index (χ1) is 8.66. The molecule has 3 nitrogen and oxygen atoms in total. The molecular weight excluding hydrogens is 268 g/mol. The fourth-order valence-electron chi connectivity index (χ4n) is 1.27. The Labute approximate surface area is 110 Å². The van der Waals surface area contributed by atoms with Crippen LogP contribution >= 0.6 is 0 Å². The summed E-state index contributed by atoms with van der Waals surface area (Å²) in [5.74, 6) is 0. The highest BCUT2D eigenvalue weighted by molar-refractivity contribution is 4.57. The van der Waals surface area contributed by atoms with Crippen molar-refractivity contribution >= 4 is 0 Å². The Kier molecular flexibility index (Phi) is 8.52. The number of aliphatic hydroxyl groups excluding tert-OH is 1. The fraction of sp³-hybridized carbons (Fsp3) is 1.00. The molecule has 0 aromatic rings. The molecule has 0 aliphatic heterocycles. The second-order valence-electron chi connectivity index (χ2n) is 4.48. The van der Waals surface area contributed by atoms with Gasteiger partial charge in [-0.05, 0) is 19.3 Å². The van der Waals surface area contributed by atoms with Crippen molar-refractivity contribution in [1.82, 2.24) is 0 Å². The van der Waals surface area contributed by atoms with Crippen LogP contribution in [0.2, 0.25) is 0 Å². The summed E-state index contributed by atoms with van der Waals surface area (Å²) >= 11 is 0. The molecule has 0 saturated heterocycles. The molecular formula is C12H22F4O3. The van der Waals surface area contributed by atoms with Gasteiger partial charge in [-0.2, -0.15) is 17.6 Å². The van der Waals surface area contributed by atoms with Crippen molar-refractivity contribution in [3.05, 3.63) is 0 Å². The van der Waals surface area contributed by atoms with E-state index in [1.165, 1.54) is 0 Å². The molecule has 0 spiro atoms. The first-order valence-electron chi connectivity index (χ1n) is 6.38. The molecule has 1 unspecified atom stereocenters. The molecule has 0 aliphatic rings. The topological polar surface area (TPSA) is 38.7 Å². The number of aliphatic hydroxyl groups is 1. The zero-order valence-corrected chi connectivity index (χ0v) is 11.3. The zero-order valence-electron chi connectivity index (χ0n) is 11.3. The second-order valence-corrected chi connectivity index (χ2v) is 4.48. The Balaban J connectivity index is 3.58. The quantitative estimate of drug-likeness (QED) is 0.467. The third-order valence-electron chi connectivity index (χ3n) is 2.43. The molecule has 0 aromatic heterocycles. The van der Waals surface area contributed by atoms with Crippen molar-refractivity contribution in [2.24, 2.45) is 0 Å². The van der Waals surface area contributed by atoms with Crippen molar-refractivity contribution in [3.63, 3.8) is 0 Å². The highest BCUT2D eigenvalue weighted by Gasteiger charge is 2.29. The maximum Gasteiger partial charge on any atom is 0.355 e. The van der Waals surface area contributed by atoms with E-state index in [0.717, 1.165) is 0 Å². The van der Waals surface area contributed by atoms with E-state index in [4.69, 9.17) is 5.11 Å². The van der Waals surface area contributed by atoms with Crippen molar-refractivity contribution in [2.45, 2.75) is 64.3 Å². The number of rotatable bonds is 11. The van der Waals surface area contributed by atoms with E-state index >= 15 is 0 Å². The monoisotopic (exact) mass is 290 g/mol. The number of unbranched alkanes of at least 4 members (excludes halogenated alkanes) is 2. The van der Waals surface area contributed by atoms with Crippen LogP contribution in [0.1, 0.15) is 46.0 Å². The lowest BCUT2D eigenvalue weighted by Crippen LogP contribution is -2.26. The Hall–Kier alpha value is -0.400. The molecule has 0 fully saturated rings. The predicted molar refractivity (Wildman–Crippen MR) is 62.2 cm³/mol. The molecule has 0 aliphatic carbocycles. The molecule has 0 amide bonds. The molecule has 1 atom stereocenters. The Morgan fingerprint density at radius 2 is 1.68 bits per heavy atom. The first kappa shape index (κ1) is 18.6. The number of halogens is 4. The minimum absolute atomic E-state index is 0.147. The van der Waals surface area contributed by atoms with Crippen molar-refractivity contribution in [1.29, 1.82) is 0 Å². The van der Waals surface area contributed by atoms with Gasteiger partial charge in [-0.3, -0.25) is 0 Å². The van der Waals surface area contributed by atoms with Gasteiger partial charge in [-0.25, -0.2) is 0 Å². The summed E-state index contributed by atoms with van der Waals surface area (Å²) in [6.45, 7) is 1.73. The van der Waals surface area contributed by atoms with Crippen LogP contribution in [0.3, 0.4) is 0 Å². The van der Waals surface area contributed by atoms with Crippen LogP contribution in [-0.4, -0.2) is 36.6 Å². The summed E-state index contributed by atoms with van der Waals surface area (Å²) in [6.07, 6.45) is -6.72. The predicted octanol–water partition coefficient (Wildman–Crippen LogP) is 3.56. The van der Waals surface area contributed by atoms with Crippen LogP contribution in [-0.2, 0) is 9.47 Å². The van der Waals surface area contributed by atoms with Crippen LogP contribution < -0.4 is 0 Å². The van der Waals surface area contributed by atoms with Crippen molar-refractivity contribution in [2.75, 3.05) is 13.2 Å². The Morgan fingerprint density at radius 3 is 2.21 bits per heavy atom. The van der Waals surface area contributed by atoms with E-state index in [1.54, 1.807) is 6.92 Å². The first-order valence-corrected chi connectivity index (χ1v) is 6.38. The number of hydrogen-bond donors (Lipinski definition) is 1. The third-order valence-corrected chi connectivity index (χ3v) is 2.43. The van der Waals surface area contributed by atoms with Gasteiger partial charge in [0.1, 0.15) is 0 Å². The normalized spacial score (nSPS) is 14.7. The molecule has 19 heavy (non-hydrogen) atoms. The molecule has 0 bridgehead atoms. The summed E-state index contributed by atoms with van der Waals surface area (Å²) in [5, 5.41) is 9.09. The Morgan fingerprint density at radius 1 is 1.05 bits per heavy atom. The summed E-state index contributed by atoms with van der Waals surface area (Å²) in [6, 6.07) is 0. The molecule has 0 heterocycles. The second kappa shape index (κ2) is 8.71. The van der Waals surface area contributed by atoms with E-state index in [1.807, 2.05) is 0 Å². The maximum atomic E-state index is 13.1. The molecule has 1 N–H and O–H groups in total. The maximum absolute atomic E-state index is 13.1. The largest absolute Gasteiger partial charge is 0.391 e. The van der Waals surface area contributed by atoms with E-state index in [2.05, 4.69) is 9.47 Å². The molecule has 0 aromatic carbocycles. The van der Waals surface area contributed by atoms with E-state index in [-0.39, 0.29) is 19.4 Å². The summed E-state index contributed by atoms with van der Waals surface area (Å²) in [7, 11) is 0. The van der Waals surface area contributed by atoms with Crippen LogP contribution in [0.4, 0.5) is 17.6 Å².